The van der Waals surface area contributed by atoms with Crippen molar-refractivity contribution >= 4 is 17.5 Å². The van der Waals surface area contributed by atoms with E-state index in [0.29, 0.717) is 31.6 Å². The summed E-state index contributed by atoms with van der Waals surface area (Å²) in [4.78, 5) is 36.7. The van der Waals surface area contributed by atoms with E-state index in [4.69, 9.17) is 5.73 Å². The Kier molecular flexibility index (Phi) is 4.74. The number of nitrogens with two attached hydrogens (primary N) is 1. The van der Waals surface area contributed by atoms with Crippen LogP contribution in [0, 0.1) is 0 Å². The zero-order valence-electron chi connectivity index (χ0n) is 12.0. The molecule has 1 aliphatic rings. The van der Waals surface area contributed by atoms with Crippen molar-refractivity contribution in [1.29, 1.82) is 0 Å². The normalized spacial score (nSPS) is 19.6. The Balaban J connectivity index is 1.95. The van der Waals surface area contributed by atoms with Crippen LogP contribution in [0.5, 0.6) is 0 Å². The number of imide groups is 1. The molecule has 1 saturated heterocycles. The number of hydrogen-bond acceptors (Lipinski definition) is 5. The van der Waals surface area contributed by atoms with Crippen LogP contribution >= 0.6 is 0 Å². The number of piperazine rings is 1. The van der Waals surface area contributed by atoms with E-state index in [0.717, 1.165) is 0 Å². The zero-order valence-corrected chi connectivity index (χ0v) is 12.0. The number of carbonyl (C=O) groups excluding carboxylic acids is 2. The van der Waals surface area contributed by atoms with Crippen LogP contribution in [0.15, 0.2) is 23.1 Å². The first-order chi connectivity index (χ1) is 10.0. The van der Waals surface area contributed by atoms with Crippen molar-refractivity contribution in [2.45, 2.75) is 32.4 Å². The fourth-order valence-corrected chi connectivity index (χ4v) is 2.57. The lowest BCUT2D eigenvalue weighted by atomic mass is 10.1. The highest BCUT2D eigenvalue weighted by Gasteiger charge is 2.31. The van der Waals surface area contributed by atoms with Gasteiger partial charge in [0, 0.05) is 31.0 Å². The van der Waals surface area contributed by atoms with E-state index in [9.17, 15) is 14.4 Å². The third-order valence-corrected chi connectivity index (χ3v) is 3.59. The van der Waals surface area contributed by atoms with Gasteiger partial charge in [0.2, 0.25) is 11.8 Å². The van der Waals surface area contributed by atoms with Crippen LogP contribution in [0.4, 0.5) is 5.69 Å². The second-order valence-electron chi connectivity index (χ2n) is 5.15. The van der Waals surface area contributed by atoms with E-state index in [1.165, 1.54) is 6.07 Å². The second kappa shape index (κ2) is 6.53. The number of amides is 2. The van der Waals surface area contributed by atoms with Crippen molar-refractivity contribution < 1.29 is 9.59 Å². The van der Waals surface area contributed by atoms with E-state index in [1.807, 2.05) is 11.8 Å². The van der Waals surface area contributed by atoms with Gasteiger partial charge in [-0.25, -0.2) is 0 Å². The van der Waals surface area contributed by atoms with Gasteiger partial charge in [-0.3, -0.25) is 24.6 Å². The molecular weight excluding hydrogens is 272 g/mol. The van der Waals surface area contributed by atoms with Gasteiger partial charge in [-0.05, 0) is 18.9 Å². The van der Waals surface area contributed by atoms with Crippen LogP contribution in [-0.2, 0) is 16.1 Å². The molecule has 21 heavy (non-hydrogen) atoms. The summed E-state index contributed by atoms with van der Waals surface area (Å²) < 4.78 is 1.54. The number of hydrogen-bond donors (Lipinski definition) is 2. The molecule has 0 bridgehead atoms. The molecule has 3 N–H and O–H groups in total. The van der Waals surface area contributed by atoms with Gasteiger partial charge < -0.3 is 10.3 Å². The highest BCUT2D eigenvalue weighted by Crippen LogP contribution is 2.10. The van der Waals surface area contributed by atoms with Crippen molar-refractivity contribution in [3.8, 4) is 0 Å². The van der Waals surface area contributed by atoms with E-state index in [1.54, 1.807) is 16.8 Å². The molecule has 1 aromatic heterocycles. The predicted molar refractivity (Wildman–Crippen MR) is 78.5 cm³/mol. The number of rotatable bonds is 5. The van der Waals surface area contributed by atoms with Gasteiger partial charge in [0.25, 0.3) is 5.56 Å². The fourth-order valence-electron chi connectivity index (χ4n) is 2.57. The summed E-state index contributed by atoms with van der Waals surface area (Å²) in [7, 11) is 0. The highest BCUT2D eigenvalue weighted by molar-refractivity contribution is 6.01. The van der Waals surface area contributed by atoms with Crippen LogP contribution in [0.1, 0.15) is 19.8 Å². The largest absolute Gasteiger partial charge is 0.398 e. The molecule has 114 valence electrons. The maximum absolute atomic E-state index is 11.7. The van der Waals surface area contributed by atoms with Crippen molar-refractivity contribution in [2.75, 3.05) is 18.8 Å². The minimum absolute atomic E-state index is 0.108. The van der Waals surface area contributed by atoms with Gasteiger partial charge in [0.1, 0.15) is 0 Å². The smallest absolute Gasteiger partial charge is 0.250 e. The monoisotopic (exact) mass is 292 g/mol. The molecule has 1 atom stereocenters. The molecule has 1 fully saturated rings. The lowest BCUT2D eigenvalue weighted by Gasteiger charge is -2.33. The van der Waals surface area contributed by atoms with Crippen LogP contribution in [0.25, 0.3) is 0 Å². The van der Waals surface area contributed by atoms with Crippen LogP contribution in [-0.4, -0.2) is 40.4 Å². The van der Waals surface area contributed by atoms with Gasteiger partial charge in [-0.1, -0.05) is 6.92 Å². The molecule has 0 radical (unpaired) electrons. The van der Waals surface area contributed by atoms with E-state index in [-0.39, 0.29) is 30.0 Å². The van der Waals surface area contributed by atoms with Gasteiger partial charge in [0.15, 0.2) is 0 Å². The minimum Gasteiger partial charge on any atom is -0.398 e. The maximum atomic E-state index is 11.7. The third kappa shape index (κ3) is 3.69. The Morgan fingerprint density at radius 2 is 2.05 bits per heavy atom. The number of nitrogens with zero attached hydrogens (tertiary/aromatic N) is 2. The quantitative estimate of drug-likeness (QED) is 0.717. The highest BCUT2D eigenvalue weighted by atomic mass is 16.2. The van der Waals surface area contributed by atoms with E-state index >= 15 is 0 Å². The summed E-state index contributed by atoms with van der Waals surface area (Å²) in [5.74, 6) is -0.513. The van der Waals surface area contributed by atoms with Crippen LogP contribution < -0.4 is 16.6 Å². The molecule has 7 nitrogen and oxygen atoms in total. The average molecular weight is 292 g/mol. The molecule has 2 heterocycles. The summed E-state index contributed by atoms with van der Waals surface area (Å²) in [6.07, 6.45) is 2.92. The lowest BCUT2D eigenvalue weighted by molar-refractivity contribution is -0.140. The van der Waals surface area contributed by atoms with Crippen LogP contribution in [0.2, 0.25) is 0 Å². The summed E-state index contributed by atoms with van der Waals surface area (Å²) in [6, 6.07) is 2.72. The average Bonchev–Trinajstić information content (AvgIpc) is 2.42. The number of aryl methyl sites for hydroxylation is 1. The van der Waals surface area contributed by atoms with Crippen molar-refractivity contribution in [3.05, 3.63) is 28.7 Å². The van der Waals surface area contributed by atoms with Gasteiger partial charge in [-0.15, -0.1) is 0 Å². The maximum Gasteiger partial charge on any atom is 0.250 e. The molecule has 0 aliphatic carbocycles. The molecule has 1 aliphatic heterocycles. The summed E-state index contributed by atoms with van der Waals surface area (Å²) >= 11 is 0. The number of aromatic nitrogens is 1. The Morgan fingerprint density at radius 1 is 1.29 bits per heavy atom. The van der Waals surface area contributed by atoms with Gasteiger partial charge >= 0.3 is 0 Å². The molecule has 1 unspecified atom stereocenters. The Labute approximate surface area is 122 Å². The van der Waals surface area contributed by atoms with Gasteiger partial charge in [-0.2, -0.15) is 0 Å². The fraction of sp³-hybridized carbons (Fsp3) is 0.500. The Hall–Kier alpha value is -2.15. The third-order valence-electron chi connectivity index (χ3n) is 3.59. The number of nitrogens with one attached hydrogen (secondary N) is 1. The first-order valence-electron chi connectivity index (χ1n) is 7.05. The number of carbonyl (C=O) groups is 2. The van der Waals surface area contributed by atoms with Crippen molar-refractivity contribution in [3.63, 3.8) is 0 Å². The predicted octanol–water partition coefficient (Wildman–Crippen LogP) is -0.442. The van der Waals surface area contributed by atoms with Crippen LogP contribution in [0.3, 0.4) is 0 Å². The molecule has 0 saturated carbocycles. The summed E-state index contributed by atoms with van der Waals surface area (Å²) in [6.45, 7) is 3.22. The van der Waals surface area contributed by atoms with E-state index < -0.39 is 0 Å². The summed E-state index contributed by atoms with van der Waals surface area (Å²) in [5, 5.41) is 2.34. The van der Waals surface area contributed by atoms with Gasteiger partial charge in [0.05, 0.1) is 12.6 Å². The van der Waals surface area contributed by atoms with Crippen molar-refractivity contribution in [2.24, 2.45) is 0 Å². The molecule has 7 heteroatoms. The lowest BCUT2D eigenvalue weighted by Crippen LogP contribution is -2.58. The summed E-state index contributed by atoms with van der Waals surface area (Å²) in [5.41, 5.74) is 6.08. The Morgan fingerprint density at radius 3 is 2.76 bits per heavy atom. The second-order valence-corrected chi connectivity index (χ2v) is 5.15. The zero-order chi connectivity index (χ0) is 15.4. The van der Waals surface area contributed by atoms with Crippen molar-refractivity contribution in [1.82, 2.24) is 14.8 Å². The molecule has 0 aromatic carbocycles. The minimum atomic E-state index is -0.278. The molecule has 2 amide bonds. The first-order valence-corrected chi connectivity index (χ1v) is 7.05. The topological polar surface area (TPSA) is 97.4 Å². The molecule has 0 spiro atoms. The SMILES string of the molecule is CCC1C(=O)NC(=O)CN1CCCn1cc(N)ccc1=O. The molecular formula is C14H20N4O3. The number of pyridine rings is 1. The molecule has 2 rings (SSSR count). The standard InChI is InChI=1S/C14H20N4O3/c1-2-11-14(21)16-12(19)9-17(11)6-3-7-18-8-10(15)4-5-13(18)20/h4-5,8,11H,2-3,6-7,9,15H2,1H3,(H,16,19,21). The molecule has 1 aromatic rings. The van der Waals surface area contributed by atoms with E-state index in [2.05, 4.69) is 5.32 Å². The first kappa shape index (κ1) is 15.2. The number of nitrogen functional groups attached to an aromatic ring is 1. The Bertz CT molecular complexity index is 596. The number of anilines is 1.